The van der Waals surface area contributed by atoms with Crippen LogP contribution in [0.3, 0.4) is 0 Å². The lowest BCUT2D eigenvalue weighted by Crippen LogP contribution is -2.42. The Balaban J connectivity index is 1.45. The molecule has 0 saturated carbocycles. The Bertz CT molecular complexity index is 1100. The van der Waals surface area contributed by atoms with Gasteiger partial charge in [0, 0.05) is 45.1 Å². The number of pyridine rings is 1. The molecule has 1 N–H and O–H groups in total. The average molecular weight is 441 g/mol. The molecule has 1 fully saturated rings. The lowest BCUT2D eigenvalue weighted by molar-refractivity contribution is 0.529. The van der Waals surface area contributed by atoms with E-state index < -0.39 is 10.0 Å². The monoisotopic (exact) mass is 440 g/mol. The average Bonchev–Trinajstić information content (AvgIpc) is 3.22. The molecule has 0 aliphatic carbocycles. The number of piperidine rings is 1. The summed E-state index contributed by atoms with van der Waals surface area (Å²) in [5.41, 5.74) is 1.76. The third-order valence-corrected chi connectivity index (χ3v) is 7.37. The van der Waals surface area contributed by atoms with Gasteiger partial charge in [0.25, 0.3) is 10.0 Å². The Morgan fingerprint density at radius 3 is 2.61 bits per heavy atom. The van der Waals surface area contributed by atoms with Gasteiger partial charge in [0.05, 0.1) is 17.6 Å². The van der Waals surface area contributed by atoms with Crippen LogP contribution in [-0.4, -0.2) is 48.9 Å². The van der Waals surface area contributed by atoms with Crippen LogP contribution in [0.25, 0.3) is 0 Å². The van der Waals surface area contributed by atoms with Crippen LogP contribution in [-0.2, 0) is 17.1 Å². The van der Waals surface area contributed by atoms with Crippen molar-refractivity contribution in [3.8, 4) is 0 Å². The van der Waals surface area contributed by atoms with Crippen molar-refractivity contribution in [2.24, 2.45) is 7.05 Å². The summed E-state index contributed by atoms with van der Waals surface area (Å²) in [5, 5.41) is 7.71. The minimum atomic E-state index is -3.67. The van der Waals surface area contributed by atoms with E-state index in [4.69, 9.17) is 0 Å². The van der Waals surface area contributed by atoms with Crippen molar-refractivity contribution in [3.63, 3.8) is 0 Å². The zero-order chi connectivity index (χ0) is 21.8. The van der Waals surface area contributed by atoms with Crippen molar-refractivity contribution in [1.82, 2.24) is 14.8 Å². The maximum Gasteiger partial charge on any atom is 0.265 e. The van der Waals surface area contributed by atoms with Gasteiger partial charge >= 0.3 is 0 Å². The minimum Gasteiger partial charge on any atom is -0.367 e. The maximum atomic E-state index is 13.1. The number of anilines is 3. The van der Waals surface area contributed by atoms with Crippen molar-refractivity contribution in [2.45, 2.75) is 30.7 Å². The number of hydrogen-bond donors (Lipinski definition) is 1. The van der Waals surface area contributed by atoms with Crippen LogP contribution in [0.4, 0.5) is 17.2 Å². The second-order valence-electron chi connectivity index (χ2n) is 7.69. The first-order chi connectivity index (χ1) is 15.0. The molecule has 3 aromatic rings. The van der Waals surface area contributed by atoms with Crippen LogP contribution < -0.4 is 14.5 Å². The molecule has 1 unspecified atom stereocenters. The molecule has 0 amide bonds. The smallest absolute Gasteiger partial charge is 0.265 e. The molecular weight excluding hydrogens is 412 g/mol. The summed E-state index contributed by atoms with van der Waals surface area (Å²) in [5.74, 6) is 0.680. The molecule has 0 bridgehead atoms. The van der Waals surface area contributed by atoms with Crippen molar-refractivity contribution >= 4 is 27.2 Å². The number of aryl methyl sites for hydroxylation is 1. The van der Waals surface area contributed by atoms with Crippen LogP contribution in [0.1, 0.15) is 19.8 Å². The van der Waals surface area contributed by atoms with Gasteiger partial charge in [-0.1, -0.05) is 18.2 Å². The number of benzene rings is 1. The van der Waals surface area contributed by atoms with E-state index in [1.54, 1.807) is 24.3 Å². The molecule has 1 aromatic carbocycles. The van der Waals surface area contributed by atoms with Gasteiger partial charge in [-0.2, -0.15) is 5.10 Å². The lowest BCUT2D eigenvalue weighted by atomic mass is 10.1. The molecule has 1 aliphatic rings. The molecule has 2 aromatic heterocycles. The predicted molar refractivity (Wildman–Crippen MR) is 123 cm³/mol. The molecular formula is C22H28N6O2S. The number of para-hydroxylation sites is 1. The fourth-order valence-electron chi connectivity index (χ4n) is 3.94. The molecule has 3 heterocycles. The fourth-order valence-corrected chi connectivity index (χ4v) is 5.36. The molecule has 0 radical (unpaired) electrons. The molecule has 9 heteroatoms. The Hall–Kier alpha value is -3.07. The summed E-state index contributed by atoms with van der Waals surface area (Å²) in [6.45, 7) is 4.02. The summed E-state index contributed by atoms with van der Waals surface area (Å²) in [6.07, 6.45) is 7.45. The zero-order valence-electron chi connectivity index (χ0n) is 17.8. The van der Waals surface area contributed by atoms with E-state index in [2.05, 4.69) is 20.3 Å². The number of aromatic nitrogens is 3. The maximum absolute atomic E-state index is 13.1. The van der Waals surface area contributed by atoms with Crippen LogP contribution in [0, 0.1) is 0 Å². The predicted octanol–water partition coefficient (Wildman–Crippen LogP) is 3.11. The highest BCUT2D eigenvalue weighted by Gasteiger charge is 2.25. The Labute approximate surface area is 183 Å². The first-order valence-electron chi connectivity index (χ1n) is 10.5. The molecule has 1 atom stereocenters. The summed E-state index contributed by atoms with van der Waals surface area (Å²) in [7, 11) is -1.75. The minimum absolute atomic E-state index is 0.185. The summed E-state index contributed by atoms with van der Waals surface area (Å²) in [6, 6.07) is 12.7. The van der Waals surface area contributed by atoms with E-state index in [9.17, 15) is 8.42 Å². The molecule has 1 saturated heterocycles. The first-order valence-corrected chi connectivity index (χ1v) is 12.0. The number of nitrogens with zero attached hydrogens (tertiary/aromatic N) is 5. The van der Waals surface area contributed by atoms with Crippen molar-refractivity contribution < 1.29 is 8.42 Å². The zero-order valence-corrected chi connectivity index (χ0v) is 18.7. The number of sulfonamides is 1. The third kappa shape index (κ3) is 4.66. The van der Waals surface area contributed by atoms with Crippen LogP contribution >= 0.6 is 0 Å². The van der Waals surface area contributed by atoms with E-state index in [1.165, 1.54) is 10.5 Å². The second-order valence-corrected chi connectivity index (χ2v) is 9.55. The molecule has 1 aliphatic heterocycles. The lowest BCUT2D eigenvalue weighted by Gasteiger charge is -2.34. The van der Waals surface area contributed by atoms with Gasteiger partial charge in [-0.15, -0.1) is 0 Å². The van der Waals surface area contributed by atoms with E-state index >= 15 is 0 Å². The summed E-state index contributed by atoms with van der Waals surface area (Å²) < 4.78 is 29.4. The van der Waals surface area contributed by atoms with Gasteiger partial charge in [-0.05, 0) is 44.0 Å². The van der Waals surface area contributed by atoms with Crippen LogP contribution in [0.5, 0.6) is 0 Å². The Kier molecular flexibility index (Phi) is 6.13. The number of hydrogen-bond acceptors (Lipinski definition) is 6. The third-order valence-electron chi connectivity index (χ3n) is 5.49. The van der Waals surface area contributed by atoms with Crippen molar-refractivity contribution in [1.29, 1.82) is 0 Å². The van der Waals surface area contributed by atoms with Gasteiger partial charge in [0.15, 0.2) is 0 Å². The van der Waals surface area contributed by atoms with Gasteiger partial charge in [-0.3, -0.25) is 8.99 Å². The van der Waals surface area contributed by atoms with E-state index in [-0.39, 0.29) is 10.9 Å². The van der Waals surface area contributed by atoms with Gasteiger partial charge in [-0.25, -0.2) is 13.4 Å². The normalized spacial score (nSPS) is 16.8. The second kappa shape index (κ2) is 8.97. The highest BCUT2D eigenvalue weighted by molar-refractivity contribution is 7.92. The first kappa shape index (κ1) is 21.2. The Morgan fingerprint density at radius 2 is 1.97 bits per heavy atom. The molecule has 0 spiro atoms. The van der Waals surface area contributed by atoms with E-state index in [0.29, 0.717) is 18.1 Å². The van der Waals surface area contributed by atoms with Crippen molar-refractivity contribution in [3.05, 3.63) is 61.1 Å². The van der Waals surface area contributed by atoms with Gasteiger partial charge < -0.3 is 10.2 Å². The molecule has 8 nitrogen and oxygen atoms in total. The van der Waals surface area contributed by atoms with E-state index in [0.717, 1.165) is 31.6 Å². The fraction of sp³-hybridized carbons (Fsp3) is 0.364. The highest BCUT2D eigenvalue weighted by Crippen LogP contribution is 2.24. The van der Waals surface area contributed by atoms with Crippen LogP contribution in [0.15, 0.2) is 66.0 Å². The van der Waals surface area contributed by atoms with E-state index in [1.807, 2.05) is 49.2 Å². The number of rotatable bonds is 7. The highest BCUT2D eigenvalue weighted by atomic mass is 32.2. The number of nitrogens with one attached hydrogen (secondary N) is 1. The van der Waals surface area contributed by atoms with Gasteiger partial charge in [0.2, 0.25) is 0 Å². The SMILES string of the molecule is CCN(c1ccccc1)S(=O)(=O)c1ccc(NC2CCCN(c3cnn(C)c3)C2)nc1. The quantitative estimate of drug-likeness (QED) is 0.608. The molecule has 164 valence electrons. The topological polar surface area (TPSA) is 83.4 Å². The standard InChI is InChI=1S/C22H28N6O2S/c1-3-28(19-9-5-4-6-10-19)31(29,30)21-11-12-22(23-15-21)25-18-8-7-13-27(16-18)20-14-24-26(2)17-20/h4-6,9-12,14-15,17-18H,3,7-8,13,16H2,1-2H3,(H,23,25). The summed E-state index contributed by atoms with van der Waals surface area (Å²) >= 11 is 0. The summed E-state index contributed by atoms with van der Waals surface area (Å²) in [4.78, 5) is 6.90. The van der Waals surface area contributed by atoms with Gasteiger partial charge in [0.1, 0.15) is 10.7 Å². The largest absolute Gasteiger partial charge is 0.367 e. The molecule has 31 heavy (non-hydrogen) atoms. The van der Waals surface area contributed by atoms with Crippen LogP contribution in [0.2, 0.25) is 0 Å². The Morgan fingerprint density at radius 1 is 1.16 bits per heavy atom. The molecule has 4 rings (SSSR count). The van der Waals surface area contributed by atoms with Crippen molar-refractivity contribution in [2.75, 3.05) is 34.2 Å².